The monoisotopic (exact) mass is 1400 g/mol. The highest BCUT2D eigenvalue weighted by molar-refractivity contribution is 6.00. The number of carboxylic acids is 1. The Balaban J connectivity index is 1.36. The lowest BCUT2D eigenvalue weighted by Gasteiger charge is -2.39. The van der Waals surface area contributed by atoms with Gasteiger partial charge in [-0.15, -0.1) is 0 Å². The summed E-state index contributed by atoms with van der Waals surface area (Å²) in [5.41, 5.74) is 14.2. The summed E-state index contributed by atoms with van der Waals surface area (Å²) >= 11 is 0. The summed E-state index contributed by atoms with van der Waals surface area (Å²) in [6.07, 6.45) is -2.90. The normalized spacial score (nSPS) is 24.8. The minimum Gasteiger partial charge on any atom is -0.508 e. The van der Waals surface area contributed by atoms with E-state index in [1.165, 1.54) is 94.1 Å². The van der Waals surface area contributed by atoms with Gasteiger partial charge in [0.05, 0.1) is 25.4 Å². The number of aromatic hydroxyl groups is 1. The SMILES string of the molecule is CC(C)C[C@H]1C(=O)N(C)[C@@H](Cc2ccccc2)C(=O)N[C@@H](Cc2ccc(O)cc2)C(=O)N[C@@H]([C@@H](O)c2ccccc2)C(=O)N[C@@H](CC(=O)O)C(=O)N(C)CC(=O)N[C@@H](CN)C(=O)N2C[C@H](O)C[C@H]2C(=O)N[C@@H](CN)C(=O)N(C)[C@@H](Cc2ccccc2)C(=O)N(C)[C@@H](Cc2cnc[nH]2)C(=O)N1C. The third-order valence-corrected chi connectivity index (χ3v) is 18.0. The molecule has 4 aromatic carbocycles. The first-order valence-electron chi connectivity index (χ1n) is 33.0. The molecule has 2 aliphatic rings. The van der Waals surface area contributed by atoms with Crippen molar-refractivity contribution in [3.05, 3.63) is 156 Å². The van der Waals surface area contributed by atoms with Gasteiger partial charge in [0.2, 0.25) is 65.0 Å². The number of fused-ring (bicyclic) bond motifs is 1. The Morgan fingerprint density at radius 2 is 1.04 bits per heavy atom. The molecular formula is C70H91N15O16. The number of benzene rings is 4. The Morgan fingerprint density at radius 3 is 1.59 bits per heavy atom. The summed E-state index contributed by atoms with van der Waals surface area (Å²) in [7, 11) is 6.46. The van der Waals surface area contributed by atoms with Gasteiger partial charge in [-0.3, -0.25) is 57.5 Å². The van der Waals surface area contributed by atoms with Gasteiger partial charge in [0.15, 0.2) is 0 Å². The first kappa shape index (κ1) is 77.7. The molecule has 2 aliphatic heterocycles. The zero-order valence-corrected chi connectivity index (χ0v) is 57.4. The standard InChI is InChI=1S/C70H91N15O16/c1-40(2)27-54-68(99)81(4)52(29-41-17-11-8-12-18-41)62(93)76-48(28-43-23-25-46(86)26-24-43)61(92)79-59(60(91)44-21-15-10-16-22-44)64(95)77-49(33-58(89)90)65(96)80(3)38-57(88)75-51(35-72)67(98)85-37-47(87)32-53(85)63(94)78-50(34-71)66(97)82(5)55(30-42-19-13-9-14-20-42)69(100)84(7)56(70(101)83(54)6)31-45-36-73-39-74-45/h8-26,36,39-40,47-56,59-60,86-87,91H,27-35,37-38,71-72H2,1-7H3,(H,73,74)(H,75,88)(H,76,93)(H,77,95)(H,78,94)(H,79,92)(H,89,90)/t47-,48+,49+,50+,51+,52+,53+,54+,55+,56+,59+,60+/m1/s1. The second kappa shape index (κ2) is 35.9. The van der Waals surface area contributed by atoms with Crippen molar-refractivity contribution in [2.75, 3.05) is 61.4 Å². The van der Waals surface area contributed by atoms with Crippen molar-refractivity contribution in [2.24, 2.45) is 17.4 Å². The Bertz CT molecular complexity index is 3700. The van der Waals surface area contributed by atoms with Gasteiger partial charge >= 0.3 is 5.97 Å². The quantitative estimate of drug-likeness (QED) is 0.0495. The lowest BCUT2D eigenvalue weighted by atomic mass is 9.97. The number of hydrogen-bond donors (Lipinski definition) is 12. The Labute approximate surface area is 584 Å². The van der Waals surface area contributed by atoms with E-state index in [0.717, 1.165) is 31.5 Å². The summed E-state index contributed by atoms with van der Waals surface area (Å²) in [4.78, 5) is 190. The number of aliphatic carboxylic acids is 1. The van der Waals surface area contributed by atoms with E-state index < -0.39 is 176 Å². The van der Waals surface area contributed by atoms with E-state index in [4.69, 9.17) is 11.5 Å². The maximum atomic E-state index is 15.7. The van der Waals surface area contributed by atoms with E-state index in [1.807, 2.05) is 13.8 Å². The minimum absolute atomic E-state index is 0.0117. The smallest absolute Gasteiger partial charge is 0.305 e. The first-order chi connectivity index (χ1) is 48.0. The van der Waals surface area contributed by atoms with Crippen LogP contribution in [0.4, 0.5) is 0 Å². The predicted octanol–water partition coefficient (Wildman–Crippen LogP) is -2.28. The molecule has 1 aromatic heterocycles. The molecule has 0 saturated carbocycles. The summed E-state index contributed by atoms with van der Waals surface area (Å²) in [6, 6.07) is 13.8. The highest BCUT2D eigenvalue weighted by Gasteiger charge is 2.46. The number of hydrogen-bond acceptors (Lipinski definition) is 18. The van der Waals surface area contributed by atoms with E-state index in [1.54, 1.807) is 66.7 Å². The van der Waals surface area contributed by atoms with E-state index in [-0.39, 0.29) is 55.8 Å². The van der Waals surface area contributed by atoms with Crippen molar-refractivity contribution in [1.29, 1.82) is 0 Å². The third-order valence-electron chi connectivity index (χ3n) is 18.0. The van der Waals surface area contributed by atoms with Crippen LogP contribution in [-0.4, -0.2) is 259 Å². The summed E-state index contributed by atoms with van der Waals surface area (Å²) in [5.74, 6) is -12.9. The van der Waals surface area contributed by atoms with Crippen LogP contribution < -0.4 is 38.1 Å². The maximum absolute atomic E-state index is 15.7. The van der Waals surface area contributed by atoms with E-state index in [2.05, 4.69) is 36.6 Å². The number of imidazole rings is 1. The van der Waals surface area contributed by atoms with Crippen LogP contribution in [0.15, 0.2) is 128 Å². The minimum atomic E-state index is -2.09. The number of nitrogens with one attached hydrogen (secondary N) is 6. The zero-order chi connectivity index (χ0) is 73.9. The van der Waals surface area contributed by atoms with Crippen LogP contribution in [0.1, 0.15) is 67.2 Å². The Kier molecular flexibility index (Phi) is 27.6. The second-order valence-corrected chi connectivity index (χ2v) is 25.8. The third kappa shape index (κ3) is 20.5. The second-order valence-electron chi connectivity index (χ2n) is 25.8. The van der Waals surface area contributed by atoms with Crippen LogP contribution in [0.3, 0.4) is 0 Å². The Morgan fingerprint density at radius 1 is 0.545 bits per heavy atom. The number of nitrogens with zero attached hydrogens (tertiary/aromatic N) is 7. The van der Waals surface area contributed by atoms with Gasteiger partial charge in [-0.25, -0.2) is 4.98 Å². The average Bonchev–Trinajstić information content (AvgIpc) is 1.80. The van der Waals surface area contributed by atoms with Crippen LogP contribution >= 0.6 is 0 Å². The predicted molar refractivity (Wildman–Crippen MR) is 365 cm³/mol. The maximum Gasteiger partial charge on any atom is 0.305 e. The number of aliphatic hydroxyl groups is 2. The first-order valence-corrected chi connectivity index (χ1v) is 33.0. The summed E-state index contributed by atoms with van der Waals surface area (Å²) in [5, 5.41) is 56.0. The van der Waals surface area contributed by atoms with Crippen LogP contribution in [-0.2, 0) is 83.2 Å². The molecule has 3 heterocycles. The topological polar surface area (TPSA) is 446 Å². The molecule has 0 unspecified atom stereocenters. The zero-order valence-electron chi connectivity index (χ0n) is 57.4. The van der Waals surface area contributed by atoms with Crippen LogP contribution in [0, 0.1) is 5.92 Å². The van der Waals surface area contributed by atoms with Gasteiger partial charge in [0, 0.05) is 98.9 Å². The fourth-order valence-corrected chi connectivity index (χ4v) is 12.3. The van der Waals surface area contributed by atoms with Gasteiger partial charge in [-0.1, -0.05) is 117 Å². The van der Waals surface area contributed by atoms with Crippen molar-refractivity contribution in [2.45, 2.75) is 131 Å². The number of aliphatic hydroxyl groups excluding tert-OH is 2. The molecule has 2 fully saturated rings. The molecule has 31 heteroatoms. The van der Waals surface area contributed by atoms with E-state index >= 15 is 24.0 Å². The number of carbonyl (C=O) groups excluding carboxylic acids is 11. The molecule has 101 heavy (non-hydrogen) atoms. The molecule has 542 valence electrons. The number of carboxylic acid groups (broad SMARTS) is 1. The molecular weight excluding hydrogens is 1310 g/mol. The number of phenolic OH excluding ortho intramolecular Hbond substituents is 1. The van der Waals surface area contributed by atoms with Crippen molar-refractivity contribution in [3.8, 4) is 5.75 Å². The number of phenols is 1. The van der Waals surface area contributed by atoms with Crippen molar-refractivity contribution >= 4 is 70.9 Å². The lowest BCUT2D eigenvalue weighted by molar-refractivity contribution is -0.154. The summed E-state index contributed by atoms with van der Waals surface area (Å²) < 4.78 is 0. The fourth-order valence-electron chi connectivity index (χ4n) is 12.3. The van der Waals surface area contributed by atoms with Gasteiger partial charge in [-0.05, 0) is 46.7 Å². The number of H-pyrrole nitrogens is 1. The molecule has 0 bridgehead atoms. The molecule has 11 amide bonds. The number of carbonyl (C=O) groups is 12. The molecule has 14 N–H and O–H groups in total. The number of amides is 11. The molecule has 31 nitrogen and oxygen atoms in total. The number of aromatic amines is 1. The molecule has 5 aromatic rings. The van der Waals surface area contributed by atoms with Crippen molar-refractivity contribution < 1.29 is 78.0 Å². The molecule has 12 atom stereocenters. The lowest BCUT2D eigenvalue weighted by Crippen LogP contribution is -2.62. The number of nitrogens with two attached hydrogens (primary N) is 2. The summed E-state index contributed by atoms with van der Waals surface area (Å²) in [6.45, 7) is 1.08. The average molecular weight is 1400 g/mol. The molecule has 0 spiro atoms. The van der Waals surface area contributed by atoms with E-state index in [0.29, 0.717) is 22.4 Å². The van der Waals surface area contributed by atoms with Gasteiger partial charge in [0.25, 0.3) is 0 Å². The van der Waals surface area contributed by atoms with Crippen LogP contribution in [0.2, 0.25) is 0 Å². The largest absolute Gasteiger partial charge is 0.508 e. The molecule has 2 saturated heterocycles. The van der Waals surface area contributed by atoms with Crippen molar-refractivity contribution in [1.82, 2.24) is 66.0 Å². The van der Waals surface area contributed by atoms with Crippen LogP contribution in [0.25, 0.3) is 0 Å². The Hall–Kier alpha value is -10.6. The molecule has 0 radical (unpaired) electrons. The van der Waals surface area contributed by atoms with E-state index in [9.17, 15) is 54.0 Å². The van der Waals surface area contributed by atoms with Gasteiger partial charge in [-0.2, -0.15) is 0 Å². The number of rotatable bonds is 16. The van der Waals surface area contributed by atoms with Gasteiger partial charge in [0.1, 0.15) is 72.3 Å². The highest BCUT2D eigenvalue weighted by atomic mass is 16.4. The molecule has 0 aliphatic carbocycles. The number of aromatic nitrogens is 2. The highest BCUT2D eigenvalue weighted by Crippen LogP contribution is 2.25. The fraction of sp³-hybridized carbons (Fsp3) is 0.443. The van der Waals surface area contributed by atoms with Gasteiger partial charge < -0.3 is 92.9 Å². The van der Waals surface area contributed by atoms with Crippen LogP contribution in [0.5, 0.6) is 5.75 Å². The number of likely N-dealkylation sites (N-methyl/N-ethyl adjacent to an activating group) is 5. The molecule has 7 rings (SSSR count). The van der Waals surface area contributed by atoms with Crippen molar-refractivity contribution in [3.63, 3.8) is 0 Å².